The zero-order chi connectivity index (χ0) is 19.5. The molecule has 0 amide bonds. The van der Waals surface area contributed by atoms with Crippen LogP contribution in [0.2, 0.25) is 0 Å². The number of hydrogen-bond acceptors (Lipinski definition) is 5. The van der Waals surface area contributed by atoms with Crippen molar-refractivity contribution in [1.29, 1.82) is 0 Å². The van der Waals surface area contributed by atoms with Crippen molar-refractivity contribution < 1.29 is 27.4 Å². The molecular weight excluding hydrogens is 361 g/mol. The fourth-order valence-electron chi connectivity index (χ4n) is 2.46. The van der Waals surface area contributed by atoms with E-state index in [9.17, 15) is 17.9 Å². The minimum Gasteiger partial charge on any atom is -0.493 e. The maximum atomic E-state index is 13.4. The molecule has 0 aliphatic rings. The number of aliphatic hydroxyl groups excluding tert-OH is 1. The van der Waals surface area contributed by atoms with E-state index < -0.39 is 21.9 Å². The van der Waals surface area contributed by atoms with Crippen LogP contribution in [-0.4, -0.2) is 45.6 Å². The van der Waals surface area contributed by atoms with Crippen LogP contribution in [0.4, 0.5) is 4.39 Å². The van der Waals surface area contributed by atoms with E-state index in [1.807, 2.05) is 0 Å². The van der Waals surface area contributed by atoms with Gasteiger partial charge in [0, 0.05) is 13.6 Å². The predicted molar refractivity (Wildman–Crippen MR) is 95.5 cm³/mol. The minimum absolute atomic E-state index is 0.0292. The van der Waals surface area contributed by atoms with Crippen LogP contribution in [0.5, 0.6) is 11.5 Å². The second kappa shape index (κ2) is 8.03. The first-order valence-electron chi connectivity index (χ1n) is 7.83. The molecule has 0 aliphatic carbocycles. The number of nitrogens with zero attached hydrogens (tertiary/aromatic N) is 1. The summed E-state index contributed by atoms with van der Waals surface area (Å²) in [5.74, 6) is 0.465. The van der Waals surface area contributed by atoms with Crippen molar-refractivity contribution in [3.8, 4) is 11.5 Å². The van der Waals surface area contributed by atoms with E-state index in [0.29, 0.717) is 17.1 Å². The summed E-state index contributed by atoms with van der Waals surface area (Å²) in [5.41, 5.74) is 0.722. The van der Waals surface area contributed by atoms with Crippen LogP contribution < -0.4 is 9.47 Å². The first kappa shape index (κ1) is 20.2. The summed E-state index contributed by atoms with van der Waals surface area (Å²) in [5, 5.41) is 10.4. The molecule has 8 heteroatoms. The monoisotopic (exact) mass is 383 g/mol. The molecule has 0 saturated heterocycles. The van der Waals surface area contributed by atoms with Crippen molar-refractivity contribution in [3.63, 3.8) is 0 Å². The van der Waals surface area contributed by atoms with E-state index in [2.05, 4.69) is 0 Å². The standard InChI is InChI=1S/C18H22FNO5S/c1-12-9-14(6-7-15(12)19)26(22,23)20(2)11-16(21)13-5-8-17(24-3)18(10-13)25-4/h5-10,16,21H,11H2,1-4H3. The van der Waals surface area contributed by atoms with Crippen LogP contribution in [0.1, 0.15) is 17.2 Å². The van der Waals surface area contributed by atoms with E-state index in [1.165, 1.54) is 40.3 Å². The molecule has 1 unspecified atom stereocenters. The van der Waals surface area contributed by atoms with Crippen LogP contribution in [0.3, 0.4) is 0 Å². The molecule has 0 aliphatic heterocycles. The quantitative estimate of drug-likeness (QED) is 0.795. The molecule has 142 valence electrons. The molecular formula is C18H22FNO5S. The molecule has 1 atom stereocenters. The molecule has 0 saturated carbocycles. The summed E-state index contributed by atoms with van der Waals surface area (Å²) in [6.07, 6.45) is -1.07. The zero-order valence-electron chi connectivity index (χ0n) is 15.1. The lowest BCUT2D eigenvalue weighted by atomic mass is 10.1. The Balaban J connectivity index is 2.22. The van der Waals surface area contributed by atoms with Gasteiger partial charge in [0.1, 0.15) is 5.82 Å². The summed E-state index contributed by atoms with van der Waals surface area (Å²) in [4.78, 5) is -0.0292. The molecule has 0 bridgehead atoms. The minimum atomic E-state index is -3.86. The fraction of sp³-hybridized carbons (Fsp3) is 0.333. The molecule has 2 aromatic carbocycles. The summed E-state index contributed by atoms with van der Waals surface area (Å²) in [7, 11) is 0.473. The number of benzene rings is 2. The third-order valence-corrected chi connectivity index (χ3v) is 5.88. The average Bonchev–Trinajstić information content (AvgIpc) is 2.62. The number of ether oxygens (including phenoxy) is 2. The Labute approximate surface area is 152 Å². The molecule has 2 rings (SSSR count). The number of likely N-dealkylation sites (N-methyl/N-ethyl adjacent to an activating group) is 1. The first-order valence-corrected chi connectivity index (χ1v) is 9.27. The third kappa shape index (κ3) is 4.14. The lowest BCUT2D eigenvalue weighted by Gasteiger charge is -2.21. The van der Waals surface area contributed by atoms with Gasteiger partial charge in [0.2, 0.25) is 10.0 Å². The summed E-state index contributed by atoms with van der Waals surface area (Å²) >= 11 is 0. The highest BCUT2D eigenvalue weighted by molar-refractivity contribution is 7.89. The van der Waals surface area contributed by atoms with Crippen LogP contribution >= 0.6 is 0 Å². The number of aryl methyl sites for hydroxylation is 1. The molecule has 1 N–H and O–H groups in total. The van der Waals surface area contributed by atoms with Gasteiger partial charge in [-0.25, -0.2) is 12.8 Å². The Hall–Kier alpha value is -2.16. The normalized spacial score (nSPS) is 12.9. The van der Waals surface area contributed by atoms with Gasteiger partial charge in [0.05, 0.1) is 25.2 Å². The van der Waals surface area contributed by atoms with Crippen molar-refractivity contribution in [3.05, 3.63) is 53.3 Å². The number of sulfonamides is 1. The predicted octanol–water partition coefficient (Wildman–Crippen LogP) is 2.51. The summed E-state index contributed by atoms with van der Waals surface area (Å²) < 4.78 is 50.0. The Morgan fingerprint density at radius 2 is 1.77 bits per heavy atom. The number of rotatable bonds is 7. The van der Waals surface area contributed by atoms with Crippen LogP contribution in [0.15, 0.2) is 41.3 Å². The van der Waals surface area contributed by atoms with Gasteiger partial charge in [-0.2, -0.15) is 4.31 Å². The molecule has 0 heterocycles. The SMILES string of the molecule is COc1ccc(C(O)CN(C)S(=O)(=O)c2ccc(F)c(C)c2)cc1OC. The Morgan fingerprint density at radius 1 is 1.12 bits per heavy atom. The second-order valence-electron chi connectivity index (χ2n) is 5.83. The Bertz CT molecular complexity index is 885. The fourth-order valence-corrected chi connectivity index (χ4v) is 3.73. The van der Waals surface area contributed by atoms with Gasteiger partial charge in [-0.3, -0.25) is 0 Å². The van der Waals surface area contributed by atoms with Crippen molar-refractivity contribution >= 4 is 10.0 Å². The lowest BCUT2D eigenvalue weighted by Crippen LogP contribution is -2.31. The zero-order valence-corrected chi connectivity index (χ0v) is 15.9. The molecule has 0 radical (unpaired) electrons. The topological polar surface area (TPSA) is 76.1 Å². The summed E-state index contributed by atoms with van der Waals surface area (Å²) in [6, 6.07) is 8.44. The highest BCUT2D eigenvalue weighted by atomic mass is 32.2. The highest BCUT2D eigenvalue weighted by Gasteiger charge is 2.24. The molecule has 26 heavy (non-hydrogen) atoms. The largest absolute Gasteiger partial charge is 0.493 e. The van der Waals surface area contributed by atoms with E-state index in [-0.39, 0.29) is 17.0 Å². The molecule has 0 aromatic heterocycles. The molecule has 2 aromatic rings. The van der Waals surface area contributed by atoms with Crippen LogP contribution in [-0.2, 0) is 10.0 Å². The number of aliphatic hydroxyl groups is 1. The van der Waals surface area contributed by atoms with Gasteiger partial charge in [-0.05, 0) is 48.4 Å². The Morgan fingerprint density at radius 3 is 2.35 bits per heavy atom. The van der Waals surface area contributed by atoms with E-state index in [4.69, 9.17) is 9.47 Å². The van der Waals surface area contributed by atoms with E-state index >= 15 is 0 Å². The number of hydrogen-bond donors (Lipinski definition) is 1. The Kier molecular flexibility index (Phi) is 6.22. The van der Waals surface area contributed by atoms with Gasteiger partial charge in [-0.1, -0.05) is 6.07 Å². The number of methoxy groups -OCH3 is 2. The van der Waals surface area contributed by atoms with Crippen molar-refractivity contribution in [2.75, 3.05) is 27.8 Å². The number of halogens is 1. The third-order valence-electron chi connectivity index (χ3n) is 4.06. The van der Waals surface area contributed by atoms with Gasteiger partial charge < -0.3 is 14.6 Å². The van der Waals surface area contributed by atoms with Gasteiger partial charge >= 0.3 is 0 Å². The smallest absolute Gasteiger partial charge is 0.242 e. The highest BCUT2D eigenvalue weighted by Crippen LogP contribution is 2.30. The van der Waals surface area contributed by atoms with E-state index in [1.54, 1.807) is 18.2 Å². The van der Waals surface area contributed by atoms with Crippen molar-refractivity contribution in [2.45, 2.75) is 17.9 Å². The molecule has 0 fully saturated rings. The molecule has 0 spiro atoms. The van der Waals surface area contributed by atoms with Crippen molar-refractivity contribution in [1.82, 2.24) is 4.31 Å². The first-order chi connectivity index (χ1) is 12.2. The lowest BCUT2D eigenvalue weighted by molar-refractivity contribution is 0.154. The van der Waals surface area contributed by atoms with Crippen LogP contribution in [0, 0.1) is 12.7 Å². The average molecular weight is 383 g/mol. The van der Waals surface area contributed by atoms with Gasteiger partial charge in [0.15, 0.2) is 11.5 Å². The van der Waals surface area contributed by atoms with Gasteiger partial charge in [-0.15, -0.1) is 0 Å². The summed E-state index contributed by atoms with van der Waals surface area (Å²) in [6.45, 7) is 1.32. The molecule has 6 nitrogen and oxygen atoms in total. The van der Waals surface area contributed by atoms with Crippen molar-refractivity contribution in [2.24, 2.45) is 0 Å². The van der Waals surface area contributed by atoms with E-state index in [0.717, 1.165) is 10.4 Å². The second-order valence-corrected chi connectivity index (χ2v) is 7.87. The van der Waals surface area contributed by atoms with Crippen LogP contribution in [0.25, 0.3) is 0 Å². The van der Waals surface area contributed by atoms with Gasteiger partial charge in [0.25, 0.3) is 0 Å². The maximum absolute atomic E-state index is 13.4. The maximum Gasteiger partial charge on any atom is 0.242 e.